The smallest absolute Gasteiger partial charge is 0.223 e. The Balaban J connectivity index is 1.68. The highest BCUT2D eigenvalue weighted by molar-refractivity contribution is 6.31. The lowest BCUT2D eigenvalue weighted by molar-refractivity contribution is -0.127. The van der Waals surface area contributed by atoms with Gasteiger partial charge in [-0.1, -0.05) is 18.0 Å². The molecule has 1 aliphatic carbocycles. The fourth-order valence-electron chi connectivity index (χ4n) is 1.86. The molecule has 0 bridgehead atoms. The second kappa shape index (κ2) is 6.10. The van der Waals surface area contributed by atoms with Crippen LogP contribution < -0.4 is 10.1 Å². The van der Waals surface area contributed by atoms with Gasteiger partial charge in [0, 0.05) is 10.9 Å². The van der Waals surface area contributed by atoms with Crippen molar-refractivity contribution in [2.75, 3.05) is 13.2 Å². The van der Waals surface area contributed by atoms with Crippen LogP contribution in [0.4, 0.5) is 0 Å². The molecular formula is C14H18ClNO2. The molecule has 1 amide bonds. The SMILES string of the molecule is Cc1cc(OCCNC(=O)C2CCC2)ccc1Cl. The van der Waals surface area contributed by atoms with E-state index in [1.165, 1.54) is 6.42 Å². The molecule has 2 rings (SSSR count). The van der Waals surface area contributed by atoms with Gasteiger partial charge < -0.3 is 10.1 Å². The van der Waals surface area contributed by atoms with E-state index >= 15 is 0 Å². The maximum atomic E-state index is 11.6. The van der Waals surface area contributed by atoms with Crippen molar-refractivity contribution in [3.05, 3.63) is 28.8 Å². The van der Waals surface area contributed by atoms with Gasteiger partial charge in [-0.15, -0.1) is 0 Å². The molecule has 0 aromatic heterocycles. The van der Waals surface area contributed by atoms with E-state index in [0.717, 1.165) is 29.2 Å². The van der Waals surface area contributed by atoms with Crippen LogP contribution in [0.5, 0.6) is 5.75 Å². The standard InChI is InChI=1S/C14H18ClNO2/c1-10-9-12(5-6-13(10)15)18-8-7-16-14(17)11-3-2-4-11/h5-6,9,11H,2-4,7-8H2,1H3,(H,16,17). The summed E-state index contributed by atoms with van der Waals surface area (Å²) in [6.45, 7) is 2.98. The van der Waals surface area contributed by atoms with Crippen LogP contribution in [0.3, 0.4) is 0 Å². The largest absolute Gasteiger partial charge is 0.492 e. The molecule has 1 saturated carbocycles. The molecule has 0 saturated heterocycles. The molecule has 1 N–H and O–H groups in total. The number of hydrogen-bond donors (Lipinski definition) is 1. The molecule has 1 aliphatic rings. The van der Waals surface area contributed by atoms with Crippen molar-refractivity contribution in [2.24, 2.45) is 5.92 Å². The van der Waals surface area contributed by atoms with Crippen molar-refractivity contribution in [1.82, 2.24) is 5.32 Å². The highest BCUT2D eigenvalue weighted by Gasteiger charge is 2.24. The van der Waals surface area contributed by atoms with Gasteiger partial charge in [-0.2, -0.15) is 0 Å². The molecule has 4 heteroatoms. The van der Waals surface area contributed by atoms with Gasteiger partial charge in [0.05, 0.1) is 6.54 Å². The van der Waals surface area contributed by atoms with E-state index in [4.69, 9.17) is 16.3 Å². The first-order valence-electron chi connectivity index (χ1n) is 6.33. The van der Waals surface area contributed by atoms with Gasteiger partial charge in [-0.3, -0.25) is 4.79 Å². The van der Waals surface area contributed by atoms with E-state index in [0.29, 0.717) is 13.2 Å². The number of rotatable bonds is 5. The molecule has 0 spiro atoms. The molecular weight excluding hydrogens is 250 g/mol. The monoisotopic (exact) mass is 267 g/mol. The summed E-state index contributed by atoms with van der Waals surface area (Å²) in [6, 6.07) is 5.55. The molecule has 1 aromatic carbocycles. The molecule has 0 atom stereocenters. The number of carbonyl (C=O) groups excluding carboxylic acids is 1. The number of aryl methyl sites for hydroxylation is 1. The number of carbonyl (C=O) groups is 1. The lowest BCUT2D eigenvalue weighted by Crippen LogP contribution is -2.36. The van der Waals surface area contributed by atoms with Crippen LogP contribution >= 0.6 is 11.6 Å². The Morgan fingerprint density at radius 1 is 1.50 bits per heavy atom. The third-order valence-electron chi connectivity index (χ3n) is 3.28. The molecule has 0 radical (unpaired) electrons. The fourth-order valence-corrected chi connectivity index (χ4v) is 1.98. The summed E-state index contributed by atoms with van der Waals surface area (Å²) in [5, 5.41) is 3.63. The van der Waals surface area contributed by atoms with Gasteiger partial charge in [0.2, 0.25) is 5.91 Å². The van der Waals surface area contributed by atoms with Crippen LogP contribution in [0, 0.1) is 12.8 Å². The summed E-state index contributed by atoms with van der Waals surface area (Å²) in [5.74, 6) is 1.19. The van der Waals surface area contributed by atoms with Gasteiger partial charge in [0.25, 0.3) is 0 Å². The van der Waals surface area contributed by atoms with Crippen molar-refractivity contribution in [3.63, 3.8) is 0 Å². The summed E-state index contributed by atoms with van der Waals surface area (Å²) in [5.41, 5.74) is 0.993. The average molecular weight is 268 g/mol. The number of hydrogen-bond acceptors (Lipinski definition) is 2. The second-order valence-corrected chi connectivity index (χ2v) is 5.09. The number of ether oxygens (including phenoxy) is 1. The molecule has 0 unspecified atom stereocenters. The maximum absolute atomic E-state index is 11.6. The lowest BCUT2D eigenvalue weighted by Gasteiger charge is -2.23. The van der Waals surface area contributed by atoms with Crippen LogP contribution in [0.1, 0.15) is 24.8 Å². The van der Waals surface area contributed by atoms with Crippen LogP contribution in [-0.4, -0.2) is 19.1 Å². The summed E-state index contributed by atoms with van der Waals surface area (Å²) >= 11 is 5.93. The summed E-state index contributed by atoms with van der Waals surface area (Å²) in [6.07, 6.45) is 3.24. The zero-order chi connectivity index (χ0) is 13.0. The van der Waals surface area contributed by atoms with Crippen molar-refractivity contribution < 1.29 is 9.53 Å². The van der Waals surface area contributed by atoms with E-state index in [2.05, 4.69) is 5.32 Å². The van der Waals surface area contributed by atoms with Crippen molar-refractivity contribution in [3.8, 4) is 5.75 Å². The first-order valence-corrected chi connectivity index (χ1v) is 6.71. The van der Waals surface area contributed by atoms with Crippen LogP contribution in [-0.2, 0) is 4.79 Å². The summed E-state index contributed by atoms with van der Waals surface area (Å²) in [7, 11) is 0. The van der Waals surface area contributed by atoms with E-state index < -0.39 is 0 Å². The number of nitrogens with one attached hydrogen (secondary N) is 1. The van der Waals surface area contributed by atoms with E-state index in [1.54, 1.807) is 0 Å². The van der Waals surface area contributed by atoms with Crippen LogP contribution in [0.25, 0.3) is 0 Å². The molecule has 0 heterocycles. The normalized spacial score (nSPS) is 15.0. The topological polar surface area (TPSA) is 38.3 Å². The van der Waals surface area contributed by atoms with Crippen molar-refractivity contribution in [2.45, 2.75) is 26.2 Å². The second-order valence-electron chi connectivity index (χ2n) is 4.68. The Hall–Kier alpha value is -1.22. The minimum Gasteiger partial charge on any atom is -0.492 e. The van der Waals surface area contributed by atoms with Gasteiger partial charge >= 0.3 is 0 Å². The minimum atomic E-state index is 0.164. The Bertz CT molecular complexity index is 430. The van der Waals surface area contributed by atoms with Gasteiger partial charge in [-0.05, 0) is 43.5 Å². The third kappa shape index (κ3) is 3.39. The van der Waals surface area contributed by atoms with E-state index in [9.17, 15) is 4.79 Å². The summed E-state index contributed by atoms with van der Waals surface area (Å²) in [4.78, 5) is 11.6. The molecule has 98 valence electrons. The quantitative estimate of drug-likeness (QED) is 0.833. The minimum absolute atomic E-state index is 0.164. The maximum Gasteiger partial charge on any atom is 0.223 e. The zero-order valence-electron chi connectivity index (χ0n) is 10.5. The number of benzene rings is 1. The molecule has 1 aromatic rings. The first-order chi connectivity index (χ1) is 8.66. The molecule has 0 aliphatic heterocycles. The number of amides is 1. The predicted molar refractivity (Wildman–Crippen MR) is 72.0 cm³/mol. The summed E-state index contributed by atoms with van der Waals surface area (Å²) < 4.78 is 5.55. The Kier molecular flexibility index (Phi) is 4.48. The Morgan fingerprint density at radius 3 is 2.89 bits per heavy atom. The van der Waals surface area contributed by atoms with Gasteiger partial charge in [0.1, 0.15) is 12.4 Å². The Morgan fingerprint density at radius 2 is 2.28 bits per heavy atom. The lowest BCUT2D eigenvalue weighted by atomic mass is 9.85. The molecule has 18 heavy (non-hydrogen) atoms. The first kappa shape index (κ1) is 13.2. The number of halogens is 1. The average Bonchev–Trinajstić information content (AvgIpc) is 2.27. The highest BCUT2D eigenvalue weighted by Crippen LogP contribution is 2.26. The van der Waals surface area contributed by atoms with E-state index in [-0.39, 0.29) is 11.8 Å². The van der Waals surface area contributed by atoms with Crippen molar-refractivity contribution in [1.29, 1.82) is 0 Å². The molecule has 1 fully saturated rings. The van der Waals surface area contributed by atoms with E-state index in [1.807, 2.05) is 25.1 Å². The zero-order valence-corrected chi connectivity index (χ0v) is 11.3. The van der Waals surface area contributed by atoms with Gasteiger partial charge in [-0.25, -0.2) is 0 Å². The van der Waals surface area contributed by atoms with Crippen LogP contribution in [0.2, 0.25) is 5.02 Å². The molecule has 3 nitrogen and oxygen atoms in total. The highest BCUT2D eigenvalue weighted by atomic mass is 35.5. The fraction of sp³-hybridized carbons (Fsp3) is 0.500. The van der Waals surface area contributed by atoms with Crippen LogP contribution in [0.15, 0.2) is 18.2 Å². The third-order valence-corrected chi connectivity index (χ3v) is 3.70. The Labute approximate surface area is 112 Å². The predicted octanol–water partition coefficient (Wildman–Crippen LogP) is 2.94. The van der Waals surface area contributed by atoms with Gasteiger partial charge in [0.15, 0.2) is 0 Å². The van der Waals surface area contributed by atoms with Crippen molar-refractivity contribution >= 4 is 17.5 Å².